The van der Waals surface area contributed by atoms with Gasteiger partial charge in [-0.1, -0.05) is 26.8 Å². The summed E-state index contributed by atoms with van der Waals surface area (Å²) in [5.41, 5.74) is 8.00. The van der Waals surface area contributed by atoms with Gasteiger partial charge in [-0.25, -0.2) is 0 Å². The Morgan fingerprint density at radius 3 is 2.72 bits per heavy atom. The first-order chi connectivity index (χ1) is 8.63. The normalized spacial score (nSPS) is 10.9. The van der Waals surface area contributed by atoms with E-state index in [4.69, 9.17) is 10.5 Å². The highest BCUT2D eigenvalue weighted by Gasteiger charge is 2.02. The van der Waals surface area contributed by atoms with E-state index in [0.29, 0.717) is 6.04 Å². The highest BCUT2D eigenvalue weighted by molar-refractivity contribution is 5.54. The molecular formula is C15H26N2O. The van der Waals surface area contributed by atoms with E-state index in [1.807, 2.05) is 12.1 Å². The number of rotatable bonds is 8. The summed E-state index contributed by atoms with van der Waals surface area (Å²) in [7, 11) is 0. The molecule has 0 aromatic heterocycles. The molecule has 0 amide bonds. The summed E-state index contributed by atoms with van der Waals surface area (Å²) >= 11 is 0. The average molecular weight is 250 g/mol. The molecule has 3 N–H and O–H groups in total. The number of nitrogen functional groups attached to an aromatic ring is 1. The van der Waals surface area contributed by atoms with Gasteiger partial charge in [0.15, 0.2) is 0 Å². The summed E-state index contributed by atoms with van der Waals surface area (Å²) in [6.07, 6.45) is 3.19. The summed E-state index contributed by atoms with van der Waals surface area (Å²) in [6.45, 7) is 8.19. The van der Waals surface area contributed by atoms with Crippen LogP contribution < -0.4 is 15.8 Å². The first-order valence-electron chi connectivity index (χ1n) is 6.88. The Balaban J connectivity index is 2.41. The quantitative estimate of drug-likeness (QED) is 0.551. The van der Waals surface area contributed by atoms with Crippen LogP contribution in [-0.4, -0.2) is 19.2 Å². The molecule has 0 saturated carbocycles. The minimum atomic E-state index is 0.555. The largest absolute Gasteiger partial charge is 0.491 e. The Kier molecular flexibility index (Phi) is 6.58. The molecule has 0 unspecified atom stereocenters. The number of benzene rings is 1. The predicted molar refractivity (Wildman–Crippen MR) is 78.1 cm³/mol. The first kappa shape index (κ1) is 14.8. The molecule has 18 heavy (non-hydrogen) atoms. The van der Waals surface area contributed by atoms with Crippen molar-refractivity contribution in [1.29, 1.82) is 0 Å². The van der Waals surface area contributed by atoms with Crippen LogP contribution in [0.4, 0.5) is 5.69 Å². The minimum Gasteiger partial charge on any atom is -0.491 e. The summed E-state index contributed by atoms with van der Waals surface area (Å²) in [5.74, 6) is 0.806. The lowest BCUT2D eigenvalue weighted by atomic mass is 10.1. The number of hydrogen-bond donors (Lipinski definition) is 2. The van der Waals surface area contributed by atoms with Crippen molar-refractivity contribution in [2.24, 2.45) is 0 Å². The van der Waals surface area contributed by atoms with Crippen molar-refractivity contribution < 1.29 is 4.74 Å². The second-order valence-corrected chi connectivity index (χ2v) is 4.93. The van der Waals surface area contributed by atoms with E-state index in [1.54, 1.807) is 0 Å². The molecule has 0 aliphatic heterocycles. The van der Waals surface area contributed by atoms with Gasteiger partial charge < -0.3 is 15.8 Å². The molecule has 102 valence electrons. The van der Waals surface area contributed by atoms with Gasteiger partial charge in [0, 0.05) is 6.04 Å². The van der Waals surface area contributed by atoms with E-state index in [0.717, 1.165) is 43.9 Å². The smallest absolute Gasteiger partial charge is 0.142 e. The van der Waals surface area contributed by atoms with E-state index in [1.165, 1.54) is 5.56 Å². The highest BCUT2D eigenvalue weighted by atomic mass is 16.5. The zero-order chi connectivity index (χ0) is 13.4. The molecule has 1 rings (SSSR count). The van der Waals surface area contributed by atoms with Crippen molar-refractivity contribution >= 4 is 5.69 Å². The fourth-order valence-electron chi connectivity index (χ4n) is 1.78. The van der Waals surface area contributed by atoms with Gasteiger partial charge in [-0.2, -0.15) is 0 Å². The average Bonchev–Trinajstić information content (AvgIpc) is 2.33. The van der Waals surface area contributed by atoms with E-state index in [9.17, 15) is 0 Å². The third-order valence-electron chi connectivity index (χ3n) is 2.73. The van der Waals surface area contributed by atoms with E-state index < -0.39 is 0 Å². The zero-order valence-electron chi connectivity index (χ0n) is 11.8. The lowest BCUT2D eigenvalue weighted by Gasteiger charge is -2.10. The number of nitrogens with two attached hydrogens (primary N) is 1. The monoisotopic (exact) mass is 250 g/mol. The van der Waals surface area contributed by atoms with Crippen molar-refractivity contribution in [3.05, 3.63) is 23.8 Å². The first-order valence-corrected chi connectivity index (χ1v) is 6.88. The highest BCUT2D eigenvalue weighted by Crippen LogP contribution is 2.23. The van der Waals surface area contributed by atoms with E-state index in [2.05, 4.69) is 32.2 Å². The van der Waals surface area contributed by atoms with E-state index >= 15 is 0 Å². The van der Waals surface area contributed by atoms with Gasteiger partial charge in [0.25, 0.3) is 0 Å². The van der Waals surface area contributed by atoms with Crippen LogP contribution in [0.3, 0.4) is 0 Å². The van der Waals surface area contributed by atoms with Crippen LogP contribution in [0.1, 0.15) is 39.2 Å². The minimum absolute atomic E-state index is 0.555. The molecule has 0 atom stereocenters. The van der Waals surface area contributed by atoms with Gasteiger partial charge in [-0.3, -0.25) is 0 Å². The number of hydrogen-bond acceptors (Lipinski definition) is 3. The predicted octanol–water partition coefficient (Wildman–Crippen LogP) is 2.99. The Labute approximate surface area is 111 Å². The van der Waals surface area contributed by atoms with Gasteiger partial charge in [0.05, 0.1) is 12.3 Å². The third kappa shape index (κ3) is 5.41. The van der Waals surface area contributed by atoms with Gasteiger partial charge in [-0.15, -0.1) is 0 Å². The van der Waals surface area contributed by atoms with Crippen molar-refractivity contribution in [2.45, 2.75) is 46.1 Å². The number of nitrogens with one attached hydrogen (secondary N) is 1. The maximum absolute atomic E-state index is 5.97. The lowest BCUT2D eigenvalue weighted by molar-refractivity contribution is 0.319. The van der Waals surface area contributed by atoms with Crippen LogP contribution in [0.25, 0.3) is 0 Å². The van der Waals surface area contributed by atoms with Gasteiger partial charge in [-0.05, 0) is 43.5 Å². The second-order valence-electron chi connectivity index (χ2n) is 4.93. The molecule has 0 heterocycles. The van der Waals surface area contributed by atoms with Crippen molar-refractivity contribution in [2.75, 3.05) is 18.9 Å². The van der Waals surface area contributed by atoms with E-state index in [-0.39, 0.29) is 0 Å². The van der Waals surface area contributed by atoms with Gasteiger partial charge in [0.1, 0.15) is 5.75 Å². The maximum Gasteiger partial charge on any atom is 0.142 e. The van der Waals surface area contributed by atoms with Gasteiger partial charge >= 0.3 is 0 Å². The standard InChI is InChI=1S/C15H26N2O/c1-4-10-18-15-8-7-13(11-14(15)16)6-5-9-17-12(2)3/h7-8,11-12,17H,4-6,9-10,16H2,1-3H3. The van der Waals surface area contributed by atoms with Crippen molar-refractivity contribution in [1.82, 2.24) is 5.32 Å². The van der Waals surface area contributed by atoms with Crippen LogP contribution in [0.15, 0.2) is 18.2 Å². The summed E-state index contributed by atoms with van der Waals surface area (Å²) in [4.78, 5) is 0. The fourth-order valence-corrected chi connectivity index (χ4v) is 1.78. The second kappa shape index (κ2) is 7.98. The summed E-state index contributed by atoms with van der Waals surface area (Å²) in [6, 6.07) is 6.67. The van der Waals surface area contributed by atoms with Crippen LogP contribution >= 0.6 is 0 Å². The Bertz CT molecular complexity index is 350. The molecule has 0 aliphatic carbocycles. The fraction of sp³-hybridized carbons (Fsp3) is 0.600. The Hall–Kier alpha value is -1.22. The van der Waals surface area contributed by atoms with Crippen molar-refractivity contribution in [3.63, 3.8) is 0 Å². The molecule has 1 aromatic rings. The molecular weight excluding hydrogens is 224 g/mol. The molecule has 0 fully saturated rings. The Morgan fingerprint density at radius 1 is 1.33 bits per heavy atom. The molecule has 0 aliphatic rings. The lowest BCUT2D eigenvalue weighted by Crippen LogP contribution is -2.23. The van der Waals surface area contributed by atoms with Crippen LogP contribution in [0.5, 0.6) is 5.75 Å². The molecule has 1 aromatic carbocycles. The molecule has 0 saturated heterocycles. The maximum atomic E-state index is 5.97. The van der Waals surface area contributed by atoms with Crippen LogP contribution in [0, 0.1) is 0 Å². The van der Waals surface area contributed by atoms with Crippen molar-refractivity contribution in [3.8, 4) is 5.75 Å². The van der Waals surface area contributed by atoms with Gasteiger partial charge in [0.2, 0.25) is 0 Å². The molecule has 3 heteroatoms. The summed E-state index contributed by atoms with van der Waals surface area (Å²) < 4.78 is 5.56. The third-order valence-corrected chi connectivity index (χ3v) is 2.73. The topological polar surface area (TPSA) is 47.3 Å². The number of ether oxygens (including phenoxy) is 1. The summed E-state index contributed by atoms with van der Waals surface area (Å²) in [5, 5.41) is 3.41. The molecule has 3 nitrogen and oxygen atoms in total. The Morgan fingerprint density at radius 2 is 2.11 bits per heavy atom. The number of aryl methyl sites for hydroxylation is 1. The van der Waals surface area contributed by atoms with Crippen LogP contribution in [0.2, 0.25) is 0 Å². The number of anilines is 1. The zero-order valence-corrected chi connectivity index (χ0v) is 11.8. The molecule has 0 spiro atoms. The molecule has 0 bridgehead atoms. The van der Waals surface area contributed by atoms with Crippen LogP contribution in [-0.2, 0) is 6.42 Å². The molecule has 0 radical (unpaired) electrons. The SMILES string of the molecule is CCCOc1ccc(CCCNC(C)C)cc1N.